The lowest BCUT2D eigenvalue weighted by molar-refractivity contribution is -0.132. The molecule has 2 aromatic rings. The van der Waals surface area contributed by atoms with Crippen molar-refractivity contribution in [2.24, 2.45) is 17.8 Å². The highest BCUT2D eigenvalue weighted by Crippen LogP contribution is 2.49. The van der Waals surface area contributed by atoms with Gasteiger partial charge in [0.2, 0.25) is 11.9 Å². The van der Waals surface area contributed by atoms with E-state index in [0.717, 1.165) is 42.9 Å². The van der Waals surface area contributed by atoms with Crippen LogP contribution in [-0.4, -0.2) is 64.8 Å². The van der Waals surface area contributed by atoms with Gasteiger partial charge in [0.25, 0.3) is 0 Å². The van der Waals surface area contributed by atoms with Crippen LogP contribution in [0.15, 0.2) is 30.6 Å². The molecule has 36 heavy (non-hydrogen) atoms. The minimum Gasteiger partial charge on any atom is -0.493 e. The van der Waals surface area contributed by atoms with Crippen LogP contribution in [0.25, 0.3) is 0 Å². The number of carbonyl (C=O) groups is 1. The third-order valence-electron chi connectivity index (χ3n) is 8.11. The Balaban J connectivity index is 1.02. The van der Waals surface area contributed by atoms with Crippen molar-refractivity contribution in [1.29, 1.82) is 0 Å². The van der Waals surface area contributed by atoms with Crippen molar-refractivity contribution < 1.29 is 19.0 Å². The number of aliphatic hydroxyl groups excluding tert-OH is 1. The summed E-state index contributed by atoms with van der Waals surface area (Å²) in [5, 5.41) is 9.60. The number of rotatable bonds is 8. The maximum atomic E-state index is 14.6. The fourth-order valence-corrected chi connectivity index (χ4v) is 5.74. The molecular formula is C28H37FN4O3. The summed E-state index contributed by atoms with van der Waals surface area (Å²) in [5.74, 6) is 3.10. The lowest BCUT2D eigenvalue weighted by atomic mass is 9.90. The van der Waals surface area contributed by atoms with Gasteiger partial charge in [-0.25, -0.2) is 14.4 Å². The quantitative estimate of drug-likeness (QED) is 0.600. The highest BCUT2D eigenvalue weighted by molar-refractivity contribution is 5.79. The molecule has 1 aromatic carbocycles. The van der Waals surface area contributed by atoms with Gasteiger partial charge >= 0.3 is 0 Å². The number of halogens is 1. The van der Waals surface area contributed by atoms with Crippen molar-refractivity contribution in [3.05, 3.63) is 47.5 Å². The first-order valence-corrected chi connectivity index (χ1v) is 13.4. The number of benzene rings is 1. The Morgan fingerprint density at radius 2 is 1.83 bits per heavy atom. The Hall–Kier alpha value is -2.74. The van der Waals surface area contributed by atoms with E-state index in [1.54, 1.807) is 17.0 Å². The number of ether oxygens (including phenoxy) is 1. The largest absolute Gasteiger partial charge is 0.493 e. The predicted molar refractivity (Wildman–Crippen MR) is 135 cm³/mol. The Labute approximate surface area is 212 Å². The molecule has 194 valence electrons. The number of nitrogens with zero attached hydrogens (tertiary/aromatic N) is 4. The molecule has 7 nitrogen and oxygen atoms in total. The van der Waals surface area contributed by atoms with Gasteiger partial charge in [-0.15, -0.1) is 0 Å². The lowest BCUT2D eigenvalue weighted by Crippen LogP contribution is -2.40. The molecule has 0 unspecified atom stereocenters. The molecule has 1 aliphatic carbocycles. The third kappa shape index (κ3) is 6.14. The standard InChI is InChI=1S/C28H37FN4O3/c1-19-17-30-28(31-18-19)33-9-4-20(5-10-33)25-14-21(25)8-13-36-24-3-2-22(26(29)16-24)15-27(35)32-11-6-23(34)7-12-32/h2-3,16-18,20-21,23,25,34H,4-15H2,1H3/t21-,25-/m1/s1. The Kier molecular flexibility index (Phi) is 7.70. The average molecular weight is 497 g/mol. The van der Waals surface area contributed by atoms with Crippen molar-refractivity contribution in [3.8, 4) is 5.75 Å². The van der Waals surface area contributed by atoms with Crippen molar-refractivity contribution in [1.82, 2.24) is 14.9 Å². The molecule has 2 saturated heterocycles. The first-order chi connectivity index (χ1) is 17.5. The summed E-state index contributed by atoms with van der Waals surface area (Å²) in [6.45, 7) is 5.69. The molecule has 3 fully saturated rings. The van der Waals surface area contributed by atoms with Gasteiger partial charge in [0.05, 0.1) is 19.1 Å². The van der Waals surface area contributed by atoms with Gasteiger partial charge in [-0.3, -0.25) is 4.79 Å². The van der Waals surface area contributed by atoms with Crippen LogP contribution < -0.4 is 9.64 Å². The van der Waals surface area contributed by atoms with Crippen molar-refractivity contribution in [2.45, 2.75) is 58.0 Å². The monoisotopic (exact) mass is 496 g/mol. The van der Waals surface area contributed by atoms with Crippen LogP contribution in [0.3, 0.4) is 0 Å². The molecule has 2 aliphatic heterocycles. The number of aryl methyl sites for hydroxylation is 1. The summed E-state index contributed by atoms with van der Waals surface area (Å²) in [6.07, 6.45) is 9.27. The predicted octanol–water partition coefficient (Wildman–Crippen LogP) is 3.77. The second-order valence-electron chi connectivity index (χ2n) is 10.7. The summed E-state index contributed by atoms with van der Waals surface area (Å²) in [4.78, 5) is 25.4. The van der Waals surface area contributed by atoms with E-state index in [4.69, 9.17) is 4.74 Å². The summed E-state index contributed by atoms with van der Waals surface area (Å²) in [5.41, 5.74) is 1.48. The fourth-order valence-electron chi connectivity index (χ4n) is 5.74. The number of piperidine rings is 2. The minimum absolute atomic E-state index is 0.0425. The van der Waals surface area contributed by atoms with Gasteiger partial charge in [0, 0.05) is 44.6 Å². The number of likely N-dealkylation sites (tertiary alicyclic amines) is 1. The summed E-state index contributed by atoms with van der Waals surface area (Å²) in [6, 6.07) is 4.82. The SMILES string of the molecule is Cc1cnc(N2CCC([C@H]3C[C@H]3CCOc3ccc(CC(=O)N4CCC(O)CC4)c(F)c3)CC2)nc1. The molecule has 1 saturated carbocycles. The van der Waals surface area contributed by atoms with Gasteiger partial charge < -0.3 is 19.6 Å². The van der Waals surface area contributed by atoms with E-state index in [9.17, 15) is 14.3 Å². The lowest BCUT2D eigenvalue weighted by Gasteiger charge is -2.32. The van der Waals surface area contributed by atoms with Crippen molar-refractivity contribution >= 4 is 11.9 Å². The van der Waals surface area contributed by atoms with Crippen molar-refractivity contribution in [2.75, 3.05) is 37.7 Å². The Bertz CT molecular complexity index is 1030. The van der Waals surface area contributed by atoms with Crippen LogP contribution >= 0.6 is 0 Å². The van der Waals surface area contributed by atoms with Crippen LogP contribution in [0.5, 0.6) is 5.75 Å². The van der Waals surface area contributed by atoms with Gasteiger partial charge in [-0.1, -0.05) is 6.07 Å². The highest BCUT2D eigenvalue weighted by atomic mass is 19.1. The molecule has 3 aliphatic rings. The van der Waals surface area contributed by atoms with E-state index < -0.39 is 5.82 Å². The molecule has 1 amide bonds. The molecule has 1 N–H and O–H groups in total. The Morgan fingerprint density at radius 3 is 2.53 bits per heavy atom. The zero-order valence-corrected chi connectivity index (χ0v) is 21.1. The van der Waals surface area contributed by atoms with Gasteiger partial charge in [-0.2, -0.15) is 0 Å². The van der Waals surface area contributed by atoms with Crippen LogP contribution in [-0.2, 0) is 11.2 Å². The normalized spacial score (nSPS) is 23.1. The van der Waals surface area contributed by atoms with Crippen LogP contribution in [0.1, 0.15) is 49.7 Å². The van der Waals surface area contributed by atoms with Crippen molar-refractivity contribution in [3.63, 3.8) is 0 Å². The summed E-state index contributed by atoms with van der Waals surface area (Å²) in [7, 11) is 0. The van der Waals surface area contributed by atoms with Gasteiger partial charge in [0.1, 0.15) is 11.6 Å². The summed E-state index contributed by atoms with van der Waals surface area (Å²) >= 11 is 0. The molecule has 1 aromatic heterocycles. The Morgan fingerprint density at radius 1 is 1.11 bits per heavy atom. The number of anilines is 1. The van der Waals surface area contributed by atoms with Gasteiger partial charge in [-0.05, 0) is 80.4 Å². The van der Waals surface area contributed by atoms with E-state index in [2.05, 4.69) is 14.9 Å². The first-order valence-electron chi connectivity index (χ1n) is 13.4. The van der Waals surface area contributed by atoms with E-state index in [1.807, 2.05) is 19.3 Å². The molecule has 5 rings (SSSR count). The maximum Gasteiger partial charge on any atom is 0.227 e. The molecular weight excluding hydrogens is 459 g/mol. The molecule has 0 radical (unpaired) electrons. The van der Waals surface area contributed by atoms with Crippen LogP contribution in [0, 0.1) is 30.5 Å². The number of hydrogen-bond acceptors (Lipinski definition) is 6. The number of aromatic nitrogens is 2. The topological polar surface area (TPSA) is 78.8 Å². The molecule has 3 heterocycles. The minimum atomic E-state index is -0.397. The zero-order valence-electron chi connectivity index (χ0n) is 21.1. The van der Waals surface area contributed by atoms with E-state index in [1.165, 1.54) is 25.3 Å². The first kappa shape index (κ1) is 24.9. The molecule has 8 heteroatoms. The second-order valence-corrected chi connectivity index (χ2v) is 10.7. The molecule has 0 bridgehead atoms. The maximum absolute atomic E-state index is 14.6. The number of carbonyl (C=O) groups excluding carboxylic acids is 1. The molecule has 2 atom stereocenters. The number of amides is 1. The molecule has 0 spiro atoms. The van der Waals surface area contributed by atoms with Gasteiger partial charge in [0.15, 0.2) is 0 Å². The average Bonchev–Trinajstić information content (AvgIpc) is 3.66. The number of aliphatic hydroxyl groups is 1. The fraction of sp³-hybridized carbons (Fsp3) is 0.607. The third-order valence-corrected chi connectivity index (χ3v) is 8.11. The second kappa shape index (κ2) is 11.1. The van der Waals surface area contributed by atoms with E-state index >= 15 is 0 Å². The smallest absolute Gasteiger partial charge is 0.227 e. The van der Waals surface area contributed by atoms with Crippen LogP contribution in [0.4, 0.5) is 10.3 Å². The van der Waals surface area contributed by atoms with E-state index in [0.29, 0.717) is 49.8 Å². The van der Waals surface area contributed by atoms with Crippen LogP contribution in [0.2, 0.25) is 0 Å². The zero-order chi connectivity index (χ0) is 25.1. The number of hydrogen-bond donors (Lipinski definition) is 1. The highest BCUT2D eigenvalue weighted by Gasteiger charge is 2.43. The summed E-state index contributed by atoms with van der Waals surface area (Å²) < 4.78 is 20.5. The van der Waals surface area contributed by atoms with E-state index in [-0.39, 0.29) is 18.4 Å².